The Bertz CT molecular complexity index is 540. The topological polar surface area (TPSA) is 50.9 Å². The molecule has 86 valence electrons. The Morgan fingerprint density at radius 1 is 1.24 bits per heavy atom. The minimum atomic E-state index is 0.290. The molecule has 0 atom stereocenters. The predicted octanol–water partition coefficient (Wildman–Crippen LogP) is 3.06. The number of hydrogen-bond donors (Lipinski definition) is 2. The molecule has 0 bridgehead atoms. The largest absolute Gasteiger partial charge is 0.388 e. The summed E-state index contributed by atoms with van der Waals surface area (Å²) in [6, 6.07) is 11.8. The van der Waals surface area contributed by atoms with E-state index >= 15 is 0 Å². The van der Waals surface area contributed by atoms with Gasteiger partial charge in [0.1, 0.15) is 10.7 Å². The SMILES string of the molecule is NC(=S)c1ncccc1Nc1ccc(I)cc1. The van der Waals surface area contributed by atoms with Crippen molar-refractivity contribution in [3.05, 3.63) is 51.9 Å². The van der Waals surface area contributed by atoms with Gasteiger partial charge in [-0.1, -0.05) is 12.2 Å². The quantitative estimate of drug-likeness (QED) is 0.656. The molecule has 1 heterocycles. The maximum atomic E-state index is 5.62. The Morgan fingerprint density at radius 3 is 2.59 bits per heavy atom. The zero-order valence-corrected chi connectivity index (χ0v) is 11.8. The van der Waals surface area contributed by atoms with Crippen LogP contribution in [0.5, 0.6) is 0 Å². The number of anilines is 2. The van der Waals surface area contributed by atoms with E-state index in [0.29, 0.717) is 10.7 Å². The minimum absolute atomic E-state index is 0.290. The standard InChI is InChI=1S/C12H10IN3S/c13-8-3-5-9(6-4-8)16-10-2-1-7-15-11(10)12(14)17/h1-7,16H,(H2,14,17). The summed E-state index contributed by atoms with van der Waals surface area (Å²) in [6.07, 6.45) is 1.67. The van der Waals surface area contributed by atoms with Gasteiger partial charge < -0.3 is 11.1 Å². The normalized spacial score (nSPS) is 9.94. The molecule has 0 aliphatic heterocycles. The molecule has 0 fully saturated rings. The molecule has 5 heteroatoms. The molecule has 0 aliphatic rings. The lowest BCUT2D eigenvalue weighted by molar-refractivity contribution is 1.29. The minimum Gasteiger partial charge on any atom is -0.388 e. The molecule has 0 aliphatic carbocycles. The highest BCUT2D eigenvalue weighted by atomic mass is 127. The summed E-state index contributed by atoms with van der Waals surface area (Å²) in [5, 5.41) is 3.25. The molecule has 1 aromatic carbocycles. The number of halogens is 1. The van der Waals surface area contributed by atoms with Gasteiger partial charge in [-0.25, -0.2) is 0 Å². The summed E-state index contributed by atoms with van der Waals surface area (Å²) in [5.74, 6) is 0. The maximum Gasteiger partial charge on any atom is 0.124 e. The first-order valence-corrected chi connectivity index (χ1v) is 6.43. The first-order chi connectivity index (χ1) is 8.16. The van der Waals surface area contributed by atoms with E-state index in [1.807, 2.05) is 36.4 Å². The third-order valence-corrected chi connectivity index (χ3v) is 3.08. The molecule has 1 aromatic heterocycles. The van der Waals surface area contributed by atoms with Crippen LogP contribution >= 0.6 is 34.8 Å². The monoisotopic (exact) mass is 355 g/mol. The molecule has 3 nitrogen and oxygen atoms in total. The van der Waals surface area contributed by atoms with Crippen molar-refractivity contribution in [1.29, 1.82) is 0 Å². The van der Waals surface area contributed by atoms with E-state index in [1.54, 1.807) is 6.20 Å². The molecule has 0 saturated heterocycles. The second-order valence-electron chi connectivity index (χ2n) is 3.40. The predicted molar refractivity (Wildman–Crippen MR) is 82.6 cm³/mol. The zero-order chi connectivity index (χ0) is 12.3. The lowest BCUT2D eigenvalue weighted by Gasteiger charge is -2.09. The van der Waals surface area contributed by atoms with Crippen LogP contribution in [0.4, 0.5) is 11.4 Å². The van der Waals surface area contributed by atoms with Gasteiger partial charge in [0.15, 0.2) is 0 Å². The van der Waals surface area contributed by atoms with E-state index in [1.165, 1.54) is 3.57 Å². The Hall–Kier alpha value is -1.21. The van der Waals surface area contributed by atoms with Crippen LogP contribution in [-0.2, 0) is 0 Å². The molecule has 3 N–H and O–H groups in total. The van der Waals surface area contributed by atoms with E-state index in [4.69, 9.17) is 18.0 Å². The molecule has 2 rings (SSSR count). The smallest absolute Gasteiger partial charge is 0.124 e. The molecule has 0 radical (unpaired) electrons. The van der Waals surface area contributed by atoms with Gasteiger partial charge in [0.2, 0.25) is 0 Å². The molecule has 0 unspecified atom stereocenters. The van der Waals surface area contributed by atoms with Crippen LogP contribution in [0.2, 0.25) is 0 Å². The van der Waals surface area contributed by atoms with E-state index in [9.17, 15) is 0 Å². The van der Waals surface area contributed by atoms with Crippen molar-refractivity contribution in [1.82, 2.24) is 4.98 Å². The fraction of sp³-hybridized carbons (Fsp3) is 0. The number of nitrogens with zero attached hydrogens (tertiary/aromatic N) is 1. The van der Waals surface area contributed by atoms with Crippen LogP contribution in [0.15, 0.2) is 42.6 Å². The van der Waals surface area contributed by atoms with Gasteiger partial charge in [-0.05, 0) is 59.0 Å². The fourth-order valence-corrected chi connectivity index (χ4v) is 1.91. The molecule has 2 aromatic rings. The van der Waals surface area contributed by atoms with E-state index in [-0.39, 0.29) is 0 Å². The second kappa shape index (κ2) is 5.42. The number of rotatable bonds is 3. The van der Waals surface area contributed by atoms with Crippen LogP contribution in [0.3, 0.4) is 0 Å². The van der Waals surface area contributed by atoms with Crippen LogP contribution in [0.1, 0.15) is 5.69 Å². The number of nitrogens with one attached hydrogen (secondary N) is 1. The first-order valence-electron chi connectivity index (χ1n) is 4.94. The highest BCUT2D eigenvalue weighted by Gasteiger charge is 2.05. The van der Waals surface area contributed by atoms with Gasteiger partial charge in [0, 0.05) is 15.5 Å². The number of nitrogens with two attached hydrogens (primary N) is 1. The first kappa shape index (κ1) is 12.3. The number of hydrogen-bond acceptors (Lipinski definition) is 3. The summed E-state index contributed by atoms with van der Waals surface area (Å²) in [5.41, 5.74) is 8.04. The van der Waals surface area contributed by atoms with Gasteiger partial charge in [0.05, 0.1) is 5.69 Å². The number of aromatic nitrogens is 1. The summed E-state index contributed by atoms with van der Waals surface area (Å²) in [4.78, 5) is 4.45. The average molecular weight is 355 g/mol. The lowest BCUT2D eigenvalue weighted by atomic mass is 10.2. The van der Waals surface area contributed by atoms with Crippen LogP contribution in [-0.4, -0.2) is 9.97 Å². The summed E-state index contributed by atoms with van der Waals surface area (Å²) >= 11 is 7.22. The van der Waals surface area contributed by atoms with E-state index in [0.717, 1.165) is 11.4 Å². The van der Waals surface area contributed by atoms with Crippen molar-refractivity contribution in [2.45, 2.75) is 0 Å². The second-order valence-corrected chi connectivity index (χ2v) is 5.08. The van der Waals surface area contributed by atoms with Crippen LogP contribution in [0.25, 0.3) is 0 Å². The van der Waals surface area contributed by atoms with Gasteiger partial charge in [0.25, 0.3) is 0 Å². The zero-order valence-electron chi connectivity index (χ0n) is 8.85. The number of thiocarbonyl (C=S) groups is 1. The Labute approximate surface area is 119 Å². The Balaban J connectivity index is 2.30. The van der Waals surface area contributed by atoms with Gasteiger partial charge in [-0.2, -0.15) is 0 Å². The third kappa shape index (κ3) is 3.13. The number of benzene rings is 1. The summed E-state index contributed by atoms with van der Waals surface area (Å²) in [6.45, 7) is 0. The van der Waals surface area contributed by atoms with Gasteiger partial charge >= 0.3 is 0 Å². The van der Waals surface area contributed by atoms with Crippen molar-refractivity contribution in [2.24, 2.45) is 5.73 Å². The molecule has 0 spiro atoms. The maximum absolute atomic E-state index is 5.62. The average Bonchev–Trinajstić information content (AvgIpc) is 2.32. The fourth-order valence-electron chi connectivity index (χ4n) is 1.39. The summed E-state index contributed by atoms with van der Waals surface area (Å²) < 4.78 is 1.19. The van der Waals surface area contributed by atoms with Gasteiger partial charge in [-0.3, -0.25) is 4.98 Å². The Morgan fingerprint density at radius 2 is 1.94 bits per heavy atom. The molecule has 0 amide bonds. The summed E-state index contributed by atoms with van der Waals surface area (Å²) in [7, 11) is 0. The Kier molecular flexibility index (Phi) is 3.90. The lowest BCUT2D eigenvalue weighted by Crippen LogP contribution is -2.13. The van der Waals surface area contributed by atoms with Crippen molar-refractivity contribution in [2.75, 3.05) is 5.32 Å². The molecule has 17 heavy (non-hydrogen) atoms. The van der Waals surface area contributed by atoms with Crippen molar-refractivity contribution in [3.8, 4) is 0 Å². The van der Waals surface area contributed by atoms with E-state index < -0.39 is 0 Å². The molecular weight excluding hydrogens is 345 g/mol. The highest BCUT2D eigenvalue weighted by Crippen LogP contribution is 2.20. The molecule has 0 saturated carbocycles. The molecular formula is C12H10IN3S. The van der Waals surface area contributed by atoms with Crippen LogP contribution in [0, 0.1) is 3.57 Å². The van der Waals surface area contributed by atoms with Crippen LogP contribution < -0.4 is 11.1 Å². The van der Waals surface area contributed by atoms with Crippen molar-refractivity contribution in [3.63, 3.8) is 0 Å². The third-order valence-electron chi connectivity index (χ3n) is 2.16. The highest BCUT2D eigenvalue weighted by molar-refractivity contribution is 14.1. The van der Waals surface area contributed by atoms with Crippen molar-refractivity contribution < 1.29 is 0 Å². The van der Waals surface area contributed by atoms with E-state index in [2.05, 4.69) is 32.9 Å². The number of pyridine rings is 1. The van der Waals surface area contributed by atoms with Gasteiger partial charge in [-0.15, -0.1) is 0 Å². The van der Waals surface area contributed by atoms with Crippen molar-refractivity contribution >= 4 is 51.2 Å².